The zero-order valence-corrected chi connectivity index (χ0v) is 18.7. The van der Waals surface area contributed by atoms with E-state index in [2.05, 4.69) is 16.0 Å². The summed E-state index contributed by atoms with van der Waals surface area (Å²) in [5.41, 5.74) is 4.02. The quantitative estimate of drug-likeness (QED) is 0.568. The summed E-state index contributed by atoms with van der Waals surface area (Å²) in [4.78, 5) is 17.0. The Kier molecular flexibility index (Phi) is 6.78. The van der Waals surface area contributed by atoms with Gasteiger partial charge in [-0.2, -0.15) is 0 Å². The SMILES string of the molecule is Cc1cc(OCCn2c(CCNC(=O)C3CCCO3)nc3ccccc32)cc(C)c1Cl. The lowest BCUT2D eigenvalue weighted by molar-refractivity contribution is -0.130. The Balaban J connectivity index is 1.42. The summed E-state index contributed by atoms with van der Waals surface area (Å²) in [6, 6.07) is 12.0. The van der Waals surface area contributed by atoms with E-state index in [9.17, 15) is 4.79 Å². The van der Waals surface area contributed by atoms with E-state index in [4.69, 9.17) is 26.1 Å². The molecule has 2 aromatic carbocycles. The standard InChI is InChI=1S/C24H28ClN3O3/c1-16-14-18(15-17(2)23(16)25)30-13-11-28-20-7-4-3-6-19(20)27-22(28)9-10-26-24(29)21-8-5-12-31-21/h3-4,6-7,14-15,21H,5,8-13H2,1-2H3,(H,26,29). The molecule has 1 aliphatic rings. The number of hydrogen-bond donors (Lipinski definition) is 1. The highest BCUT2D eigenvalue weighted by Crippen LogP contribution is 2.26. The molecule has 0 bridgehead atoms. The van der Waals surface area contributed by atoms with Crippen LogP contribution in [0.4, 0.5) is 0 Å². The van der Waals surface area contributed by atoms with Gasteiger partial charge in [-0.25, -0.2) is 4.98 Å². The number of halogens is 1. The second kappa shape index (κ2) is 9.71. The van der Waals surface area contributed by atoms with Crippen LogP contribution < -0.4 is 10.1 Å². The van der Waals surface area contributed by atoms with E-state index in [1.54, 1.807) is 0 Å². The Labute approximate surface area is 187 Å². The number of benzene rings is 2. The third kappa shape index (κ3) is 5.02. The molecule has 7 heteroatoms. The number of rotatable bonds is 8. The third-order valence-corrected chi connectivity index (χ3v) is 6.19. The molecule has 1 fully saturated rings. The van der Waals surface area contributed by atoms with E-state index >= 15 is 0 Å². The van der Waals surface area contributed by atoms with Crippen LogP contribution in [0.2, 0.25) is 5.02 Å². The highest BCUT2D eigenvalue weighted by molar-refractivity contribution is 6.32. The fraction of sp³-hybridized carbons (Fsp3) is 0.417. The largest absolute Gasteiger partial charge is 0.492 e. The fourth-order valence-electron chi connectivity index (χ4n) is 4.01. The second-order valence-corrected chi connectivity index (χ2v) is 8.31. The van der Waals surface area contributed by atoms with Crippen molar-refractivity contribution in [2.24, 2.45) is 0 Å². The van der Waals surface area contributed by atoms with E-state index in [-0.39, 0.29) is 12.0 Å². The second-order valence-electron chi connectivity index (χ2n) is 7.93. The molecule has 6 nitrogen and oxygen atoms in total. The summed E-state index contributed by atoms with van der Waals surface area (Å²) in [6.45, 7) is 6.33. The Morgan fingerprint density at radius 1 is 1.29 bits per heavy atom. The highest BCUT2D eigenvalue weighted by Gasteiger charge is 2.23. The Bertz CT molecular complexity index is 1050. The Morgan fingerprint density at radius 3 is 2.81 bits per heavy atom. The van der Waals surface area contributed by atoms with Crippen molar-refractivity contribution in [3.63, 3.8) is 0 Å². The molecule has 0 spiro atoms. The lowest BCUT2D eigenvalue weighted by atomic mass is 10.1. The van der Waals surface area contributed by atoms with Gasteiger partial charge in [-0.1, -0.05) is 23.7 Å². The fourth-order valence-corrected chi connectivity index (χ4v) is 4.11. The first kappa shape index (κ1) is 21.7. The number of hydrogen-bond acceptors (Lipinski definition) is 4. The van der Waals surface area contributed by atoms with Gasteiger partial charge in [0.05, 0.1) is 17.6 Å². The van der Waals surface area contributed by atoms with E-state index < -0.39 is 0 Å². The number of carbonyl (C=O) groups excluding carboxylic acids is 1. The number of amides is 1. The molecule has 1 N–H and O–H groups in total. The minimum Gasteiger partial charge on any atom is -0.492 e. The molecule has 4 rings (SSSR count). The van der Waals surface area contributed by atoms with Gasteiger partial charge in [0.2, 0.25) is 5.91 Å². The van der Waals surface area contributed by atoms with Crippen LogP contribution in [-0.4, -0.2) is 41.3 Å². The van der Waals surface area contributed by atoms with Crippen LogP contribution in [0.15, 0.2) is 36.4 Å². The van der Waals surface area contributed by atoms with Crippen molar-refractivity contribution in [3.8, 4) is 5.75 Å². The molecule has 1 amide bonds. The van der Waals surface area contributed by atoms with Crippen molar-refractivity contribution >= 4 is 28.5 Å². The van der Waals surface area contributed by atoms with E-state index in [0.717, 1.165) is 51.6 Å². The number of para-hydroxylation sites is 2. The van der Waals surface area contributed by atoms with Gasteiger partial charge in [0, 0.05) is 24.6 Å². The van der Waals surface area contributed by atoms with Crippen molar-refractivity contribution in [1.29, 1.82) is 0 Å². The number of ether oxygens (including phenoxy) is 2. The lowest BCUT2D eigenvalue weighted by Crippen LogP contribution is -2.35. The van der Waals surface area contributed by atoms with E-state index in [1.165, 1.54) is 0 Å². The van der Waals surface area contributed by atoms with Crippen LogP contribution in [-0.2, 0) is 22.5 Å². The summed E-state index contributed by atoms with van der Waals surface area (Å²) in [6.07, 6.45) is 2.08. The number of nitrogens with zero attached hydrogens (tertiary/aromatic N) is 2. The first-order valence-electron chi connectivity index (χ1n) is 10.8. The molecular weight excluding hydrogens is 414 g/mol. The van der Waals surface area contributed by atoms with Gasteiger partial charge >= 0.3 is 0 Å². The average Bonchev–Trinajstić information content (AvgIpc) is 3.41. The summed E-state index contributed by atoms with van der Waals surface area (Å²) >= 11 is 6.26. The third-order valence-electron chi connectivity index (χ3n) is 5.60. The predicted octanol–water partition coefficient (Wildman–Crippen LogP) is 4.22. The van der Waals surface area contributed by atoms with Crippen molar-refractivity contribution < 1.29 is 14.3 Å². The molecular formula is C24H28ClN3O3. The predicted molar refractivity (Wildman–Crippen MR) is 122 cm³/mol. The molecule has 1 aliphatic heterocycles. The molecule has 0 aliphatic carbocycles. The van der Waals surface area contributed by atoms with Crippen LogP contribution in [0.3, 0.4) is 0 Å². The van der Waals surface area contributed by atoms with Gasteiger partial charge in [0.1, 0.15) is 24.3 Å². The number of carbonyl (C=O) groups is 1. The lowest BCUT2D eigenvalue weighted by Gasteiger charge is -2.13. The van der Waals surface area contributed by atoms with Crippen LogP contribution in [0.1, 0.15) is 29.8 Å². The zero-order valence-electron chi connectivity index (χ0n) is 18.0. The molecule has 164 valence electrons. The zero-order chi connectivity index (χ0) is 21.8. The normalized spacial score (nSPS) is 16.0. The summed E-state index contributed by atoms with van der Waals surface area (Å²) in [7, 11) is 0. The maximum atomic E-state index is 12.2. The van der Waals surface area contributed by atoms with Crippen molar-refractivity contribution in [1.82, 2.24) is 14.9 Å². The molecule has 1 saturated heterocycles. The Hall–Kier alpha value is -2.57. The number of imidazole rings is 1. The number of aromatic nitrogens is 2. The summed E-state index contributed by atoms with van der Waals surface area (Å²) in [5.74, 6) is 1.71. The van der Waals surface area contributed by atoms with Gasteiger partial charge < -0.3 is 19.4 Å². The van der Waals surface area contributed by atoms with Crippen molar-refractivity contribution in [2.75, 3.05) is 19.8 Å². The van der Waals surface area contributed by atoms with Crippen LogP contribution in [0.5, 0.6) is 5.75 Å². The Morgan fingerprint density at radius 2 is 2.06 bits per heavy atom. The molecule has 0 saturated carbocycles. The van der Waals surface area contributed by atoms with Crippen LogP contribution in [0.25, 0.3) is 11.0 Å². The topological polar surface area (TPSA) is 65.4 Å². The molecule has 1 unspecified atom stereocenters. The average molecular weight is 442 g/mol. The molecule has 0 radical (unpaired) electrons. The maximum absolute atomic E-state index is 12.2. The van der Waals surface area contributed by atoms with Crippen molar-refractivity contribution in [3.05, 3.63) is 58.4 Å². The first-order valence-corrected chi connectivity index (χ1v) is 11.1. The number of fused-ring (bicyclic) bond motifs is 1. The first-order chi connectivity index (χ1) is 15.0. The summed E-state index contributed by atoms with van der Waals surface area (Å²) in [5, 5.41) is 3.76. The van der Waals surface area contributed by atoms with Gasteiger partial charge in [-0.15, -0.1) is 0 Å². The van der Waals surface area contributed by atoms with Crippen molar-refractivity contribution in [2.45, 2.75) is 45.8 Å². The molecule has 1 atom stereocenters. The van der Waals surface area contributed by atoms with E-state index in [1.807, 2.05) is 44.2 Å². The van der Waals surface area contributed by atoms with Gasteiger partial charge in [-0.05, 0) is 62.1 Å². The van der Waals surface area contributed by atoms with Crippen LogP contribution >= 0.6 is 11.6 Å². The van der Waals surface area contributed by atoms with Gasteiger partial charge in [0.15, 0.2) is 0 Å². The van der Waals surface area contributed by atoms with Crippen LogP contribution in [0, 0.1) is 13.8 Å². The smallest absolute Gasteiger partial charge is 0.249 e. The van der Waals surface area contributed by atoms with Gasteiger partial charge in [0.25, 0.3) is 0 Å². The van der Waals surface area contributed by atoms with Gasteiger partial charge in [-0.3, -0.25) is 4.79 Å². The molecule has 31 heavy (non-hydrogen) atoms. The number of nitrogens with one attached hydrogen (secondary N) is 1. The highest BCUT2D eigenvalue weighted by atomic mass is 35.5. The number of aryl methyl sites for hydroxylation is 2. The van der Waals surface area contributed by atoms with E-state index in [0.29, 0.717) is 32.7 Å². The molecule has 1 aromatic heterocycles. The summed E-state index contributed by atoms with van der Waals surface area (Å²) < 4.78 is 13.6. The molecule has 2 heterocycles. The molecule has 3 aromatic rings. The minimum atomic E-state index is -0.307. The minimum absolute atomic E-state index is 0.0306. The monoisotopic (exact) mass is 441 g/mol. The maximum Gasteiger partial charge on any atom is 0.249 e.